The van der Waals surface area contributed by atoms with Crippen LogP contribution in [0, 0.1) is 23.2 Å². The van der Waals surface area contributed by atoms with Crippen LogP contribution in [0.25, 0.3) is 0 Å². The van der Waals surface area contributed by atoms with Crippen LogP contribution in [0.15, 0.2) is 53.4 Å². The van der Waals surface area contributed by atoms with Gasteiger partial charge in [-0.1, -0.05) is 29.8 Å². The number of Topliss-reactive ketones (excluding diaryl/α,β-unsaturated/α-hetero) is 1. The van der Waals surface area contributed by atoms with Gasteiger partial charge in [0.25, 0.3) is 10.0 Å². The second-order valence-corrected chi connectivity index (χ2v) is 12.5. The molecule has 0 spiro atoms. The second-order valence-electron chi connectivity index (χ2n) is 10.1. The first-order valence-corrected chi connectivity index (χ1v) is 13.5. The maximum atomic E-state index is 13.2. The van der Waals surface area contributed by atoms with Crippen LogP contribution in [0.2, 0.25) is 5.02 Å². The molecule has 0 radical (unpaired) electrons. The molecule has 6 nitrogen and oxygen atoms in total. The number of carbonyl (C=O) groups excluding carboxylic acids is 2. The SMILES string of the molecule is CN(c1ccccc1)S(=O)(=O)c1ccc(Cl)c(C(=O)OCC(=O)C23CC4CC(CC(C4)C2)C3)c1. The van der Waals surface area contributed by atoms with Gasteiger partial charge in [0.15, 0.2) is 12.4 Å². The summed E-state index contributed by atoms with van der Waals surface area (Å²) in [6.07, 6.45) is 6.36. The van der Waals surface area contributed by atoms with Gasteiger partial charge >= 0.3 is 5.97 Å². The lowest BCUT2D eigenvalue weighted by Crippen LogP contribution is -2.51. The Bertz CT molecular complexity index is 1190. The fraction of sp³-hybridized carbons (Fsp3) is 0.462. The zero-order valence-electron chi connectivity index (χ0n) is 19.1. The summed E-state index contributed by atoms with van der Waals surface area (Å²) in [4.78, 5) is 25.9. The van der Waals surface area contributed by atoms with Crippen molar-refractivity contribution in [2.24, 2.45) is 23.2 Å². The summed E-state index contributed by atoms with van der Waals surface area (Å²) in [5.74, 6) is 1.04. The number of sulfonamides is 1. The summed E-state index contributed by atoms with van der Waals surface area (Å²) in [6.45, 7) is -0.303. The van der Waals surface area contributed by atoms with E-state index in [1.807, 2.05) is 0 Å². The highest BCUT2D eigenvalue weighted by Gasteiger charge is 2.54. The standard InChI is InChI=1S/C26H28ClNO5S/c1-28(20-5-3-2-4-6-20)34(31,32)21-7-8-23(27)22(12-21)25(30)33-16-24(29)26-13-17-9-18(14-26)11-19(10-17)15-26/h2-8,12,17-19H,9-11,13-16H2,1H3. The van der Waals surface area contributed by atoms with Crippen molar-refractivity contribution >= 4 is 39.1 Å². The van der Waals surface area contributed by atoms with E-state index in [0.717, 1.165) is 23.6 Å². The molecule has 0 amide bonds. The number of ether oxygens (including phenoxy) is 1. The molecule has 4 saturated carbocycles. The monoisotopic (exact) mass is 501 g/mol. The van der Waals surface area contributed by atoms with Crippen molar-refractivity contribution in [2.45, 2.75) is 43.4 Å². The average molecular weight is 502 g/mol. The van der Waals surface area contributed by atoms with Gasteiger partial charge in [0.1, 0.15) is 0 Å². The van der Waals surface area contributed by atoms with E-state index < -0.39 is 16.0 Å². The highest BCUT2D eigenvalue weighted by atomic mass is 35.5. The molecular weight excluding hydrogens is 474 g/mol. The van der Waals surface area contributed by atoms with Crippen LogP contribution in [-0.2, 0) is 19.6 Å². The topological polar surface area (TPSA) is 80.8 Å². The lowest BCUT2D eigenvalue weighted by atomic mass is 9.48. The highest BCUT2D eigenvalue weighted by molar-refractivity contribution is 7.92. The number of benzene rings is 2. The van der Waals surface area contributed by atoms with E-state index in [1.54, 1.807) is 30.3 Å². The van der Waals surface area contributed by atoms with Gasteiger partial charge in [0, 0.05) is 12.5 Å². The molecule has 0 aromatic heterocycles. The van der Waals surface area contributed by atoms with Gasteiger partial charge in [0.05, 0.1) is 21.2 Å². The maximum absolute atomic E-state index is 13.2. The summed E-state index contributed by atoms with van der Waals surface area (Å²) in [6, 6.07) is 12.6. The molecule has 0 heterocycles. The molecule has 6 rings (SSSR count). The molecule has 2 aromatic rings. The Balaban J connectivity index is 1.31. The molecule has 180 valence electrons. The van der Waals surface area contributed by atoms with Gasteiger partial charge in [-0.3, -0.25) is 9.10 Å². The van der Waals surface area contributed by atoms with E-state index in [9.17, 15) is 18.0 Å². The second kappa shape index (κ2) is 8.68. The molecule has 0 aliphatic heterocycles. The number of anilines is 1. The van der Waals surface area contributed by atoms with E-state index in [0.29, 0.717) is 23.4 Å². The van der Waals surface area contributed by atoms with Crippen molar-refractivity contribution in [3.05, 3.63) is 59.1 Å². The molecule has 4 aliphatic rings. The van der Waals surface area contributed by atoms with Gasteiger partial charge in [-0.05, 0) is 86.6 Å². The minimum absolute atomic E-state index is 0.0105. The number of hydrogen-bond donors (Lipinski definition) is 0. The Morgan fingerprint density at radius 2 is 1.59 bits per heavy atom. The number of ketones is 1. The average Bonchev–Trinajstić information content (AvgIpc) is 2.81. The quantitative estimate of drug-likeness (QED) is 0.492. The zero-order valence-corrected chi connectivity index (χ0v) is 20.6. The minimum atomic E-state index is -3.93. The van der Waals surface area contributed by atoms with Crippen LogP contribution in [0.4, 0.5) is 5.69 Å². The van der Waals surface area contributed by atoms with Crippen molar-refractivity contribution in [3.8, 4) is 0 Å². The van der Waals surface area contributed by atoms with Crippen LogP contribution >= 0.6 is 11.6 Å². The summed E-state index contributed by atoms with van der Waals surface area (Å²) in [5.41, 5.74) is 0.0628. The highest BCUT2D eigenvalue weighted by Crippen LogP contribution is 2.60. The van der Waals surface area contributed by atoms with Crippen molar-refractivity contribution in [3.63, 3.8) is 0 Å². The van der Waals surface area contributed by atoms with Gasteiger partial charge in [-0.2, -0.15) is 0 Å². The molecule has 4 aliphatic carbocycles. The fourth-order valence-corrected chi connectivity index (χ4v) is 7.99. The maximum Gasteiger partial charge on any atom is 0.340 e. The van der Waals surface area contributed by atoms with Crippen LogP contribution in [-0.4, -0.2) is 33.8 Å². The van der Waals surface area contributed by atoms with Crippen molar-refractivity contribution < 1.29 is 22.7 Å². The summed E-state index contributed by atoms with van der Waals surface area (Å²) >= 11 is 6.22. The molecule has 0 atom stereocenters. The zero-order chi connectivity index (χ0) is 24.1. The summed E-state index contributed by atoms with van der Waals surface area (Å²) in [7, 11) is -2.48. The van der Waals surface area contributed by atoms with E-state index >= 15 is 0 Å². The van der Waals surface area contributed by atoms with E-state index in [2.05, 4.69) is 0 Å². The number of rotatable bonds is 7. The summed E-state index contributed by atoms with van der Waals surface area (Å²) < 4.78 is 32.8. The number of hydrogen-bond acceptors (Lipinski definition) is 5. The molecular formula is C26H28ClNO5S. The van der Waals surface area contributed by atoms with Gasteiger partial charge < -0.3 is 4.74 Å². The number of carbonyl (C=O) groups is 2. The molecule has 0 N–H and O–H groups in total. The number of esters is 1. The predicted octanol–water partition coefficient (Wildman–Crippen LogP) is 5.11. The Kier molecular flexibility index (Phi) is 5.97. The Morgan fingerprint density at radius 3 is 2.18 bits per heavy atom. The molecule has 4 fully saturated rings. The third-order valence-electron chi connectivity index (χ3n) is 7.90. The van der Waals surface area contributed by atoms with E-state index in [4.69, 9.17) is 16.3 Å². The third-order valence-corrected chi connectivity index (χ3v) is 10.0. The molecule has 8 heteroatoms. The first kappa shape index (κ1) is 23.4. The predicted molar refractivity (Wildman–Crippen MR) is 129 cm³/mol. The first-order chi connectivity index (χ1) is 16.2. The Morgan fingerprint density at radius 1 is 1.00 bits per heavy atom. The van der Waals surface area contributed by atoms with E-state index in [1.165, 1.54) is 44.5 Å². The molecule has 0 unspecified atom stereocenters. The van der Waals surface area contributed by atoms with Gasteiger partial charge in [0.2, 0.25) is 0 Å². The van der Waals surface area contributed by atoms with Crippen molar-refractivity contribution in [2.75, 3.05) is 18.0 Å². The van der Waals surface area contributed by atoms with Crippen LogP contribution < -0.4 is 4.31 Å². The Labute approximate surface area is 205 Å². The van der Waals surface area contributed by atoms with Crippen molar-refractivity contribution in [1.29, 1.82) is 0 Å². The minimum Gasteiger partial charge on any atom is -0.454 e. The largest absolute Gasteiger partial charge is 0.454 e. The fourth-order valence-electron chi connectivity index (χ4n) is 6.57. The van der Waals surface area contributed by atoms with Crippen LogP contribution in [0.5, 0.6) is 0 Å². The third kappa shape index (κ3) is 4.13. The smallest absolute Gasteiger partial charge is 0.340 e. The van der Waals surface area contributed by atoms with Crippen LogP contribution in [0.3, 0.4) is 0 Å². The molecule has 0 saturated heterocycles. The Hall–Kier alpha value is -2.38. The van der Waals surface area contributed by atoms with Crippen molar-refractivity contribution in [1.82, 2.24) is 0 Å². The van der Waals surface area contributed by atoms with Gasteiger partial charge in [-0.25, -0.2) is 13.2 Å². The number of para-hydroxylation sites is 1. The first-order valence-electron chi connectivity index (χ1n) is 11.7. The van der Waals surface area contributed by atoms with Crippen LogP contribution in [0.1, 0.15) is 48.9 Å². The molecule has 2 aromatic carbocycles. The number of nitrogens with zero attached hydrogens (tertiary/aromatic N) is 1. The molecule has 34 heavy (non-hydrogen) atoms. The lowest BCUT2D eigenvalue weighted by Gasteiger charge is -2.55. The van der Waals surface area contributed by atoms with E-state index in [-0.39, 0.29) is 33.3 Å². The normalized spacial score (nSPS) is 27.4. The summed E-state index contributed by atoms with van der Waals surface area (Å²) in [5, 5.41) is 0.0774. The molecule has 4 bridgehead atoms. The number of halogens is 1. The van der Waals surface area contributed by atoms with Gasteiger partial charge in [-0.15, -0.1) is 0 Å². The lowest BCUT2D eigenvalue weighted by molar-refractivity contribution is -0.147.